The summed E-state index contributed by atoms with van der Waals surface area (Å²) in [7, 11) is 0. The molecule has 0 spiro atoms. The summed E-state index contributed by atoms with van der Waals surface area (Å²) in [4.78, 5) is 0. The van der Waals surface area contributed by atoms with Gasteiger partial charge in [-0.15, -0.1) is 10.2 Å². The molecule has 4 saturated carbocycles. The third-order valence-electron chi connectivity index (χ3n) is 10.5. The van der Waals surface area contributed by atoms with Crippen LogP contribution in [-0.2, 0) is 11.8 Å². The van der Waals surface area contributed by atoms with Crippen LogP contribution in [0, 0.1) is 23.2 Å². The number of aryl methyl sites for hydroxylation is 1. The molecular weight excluding hydrogens is 488 g/mol. The van der Waals surface area contributed by atoms with Gasteiger partial charge in [-0.05, 0) is 92.1 Å². The van der Waals surface area contributed by atoms with Gasteiger partial charge in [0.2, 0.25) is 11.8 Å². The zero-order chi connectivity index (χ0) is 27.8. The molecule has 0 amide bonds. The molecule has 0 saturated heterocycles. The quantitative estimate of drug-likeness (QED) is 0.328. The molecule has 5 rings (SSSR count). The summed E-state index contributed by atoms with van der Waals surface area (Å²) in [5, 5.41) is 40.1. The summed E-state index contributed by atoms with van der Waals surface area (Å²) >= 11 is 0. The third kappa shape index (κ3) is 5.62. The van der Waals surface area contributed by atoms with Gasteiger partial charge in [-0.1, -0.05) is 63.6 Å². The first-order valence-electron chi connectivity index (χ1n) is 15.3. The summed E-state index contributed by atoms with van der Waals surface area (Å²) in [5.74, 6) is 2.77. The van der Waals surface area contributed by atoms with Crippen molar-refractivity contribution in [1.82, 2.24) is 10.2 Å². The number of aromatic nitrogens is 2. The molecule has 7 atom stereocenters. The van der Waals surface area contributed by atoms with Gasteiger partial charge in [0.15, 0.2) is 0 Å². The van der Waals surface area contributed by atoms with E-state index in [4.69, 9.17) is 4.42 Å². The molecule has 214 valence electrons. The van der Waals surface area contributed by atoms with Crippen molar-refractivity contribution in [3.05, 3.63) is 59.4 Å². The Labute approximate surface area is 234 Å². The van der Waals surface area contributed by atoms with Crippen LogP contribution < -0.4 is 0 Å². The lowest BCUT2D eigenvalue weighted by molar-refractivity contribution is 0.0862. The molecule has 1 aromatic heterocycles. The molecule has 3 N–H and O–H groups in total. The van der Waals surface area contributed by atoms with Gasteiger partial charge in [0.25, 0.3) is 0 Å². The van der Waals surface area contributed by atoms with Crippen LogP contribution in [0.1, 0.15) is 103 Å². The number of hydrogen-bond acceptors (Lipinski definition) is 6. The average Bonchev–Trinajstić information content (AvgIpc) is 3.44. The molecule has 39 heavy (non-hydrogen) atoms. The molecule has 1 heterocycles. The first-order valence-corrected chi connectivity index (χ1v) is 15.3. The van der Waals surface area contributed by atoms with Crippen LogP contribution in [0.15, 0.2) is 52.0 Å². The van der Waals surface area contributed by atoms with E-state index in [9.17, 15) is 15.3 Å². The van der Waals surface area contributed by atoms with Crippen LogP contribution in [0.2, 0.25) is 0 Å². The second-order valence-corrected chi connectivity index (χ2v) is 13.1. The predicted molar refractivity (Wildman–Crippen MR) is 153 cm³/mol. The monoisotopic (exact) mass is 536 g/mol. The molecule has 6 nitrogen and oxygen atoms in total. The van der Waals surface area contributed by atoms with Gasteiger partial charge in [-0.3, -0.25) is 0 Å². The summed E-state index contributed by atoms with van der Waals surface area (Å²) in [5.41, 5.74) is 3.06. The highest BCUT2D eigenvalue weighted by Gasteiger charge is 2.54. The molecule has 4 aliphatic rings. The number of rotatable bonds is 9. The Hall–Kier alpha value is -2.02. The van der Waals surface area contributed by atoms with Crippen LogP contribution in [0.5, 0.6) is 0 Å². The van der Waals surface area contributed by atoms with Crippen molar-refractivity contribution >= 4 is 0 Å². The fourth-order valence-electron chi connectivity index (χ4n) is 7.86. The maximum Gasteiger partial charge on any atom is 0.225 e. The van der Waals surface area contributed by atoms with Crippen LogP contribution in [-0.4, -0.2) is 43.8 Å². The molecule has 1 aromatic rings. The summed E-state index contributed by atoms with van der Waals surface area (Å²) in [6, 6.07) is 0. The molecule has 0 aromatic carbocycles. The van der Waals surface area contributed by atoms with Crippen molar-refractivity contribution in [1.29, 1.82) is 0 Å². The second-order valence-electron chi connectivity index (χ2n) is 13.1. The zero-order valence-electron chi connectivity index (χ0n) is 24.1. The van der Waals surface area contributed by atoms with Gasteiger partial charge in [-0.25, -0.2) is 0 Å². The lowest BCUT2D eigenvalue weighted by atomic mass is 9.61. The van der Waals surface area contributed by atoms with Gasteiger partial charge in [0, 0.05) is 12.8 Å². The van der Waals surface area contributed by atoms with E-state index >= 15 is 0 Å². The maximum atomic E-state index is 11.2. The SMILES string of the molecule is C=C1/C(=C\C=C2/CCC[C@]3(C)[C@@H]([C@H](C)/C=C/[C@@H](O)C4(c5nnc(CCCC)o5)CC4)CC[C@@H]23)C[C@@H](O)C[C@@H]1O. The normalized spacial score (nSPS) is 36.0. The van der Waals surface area contributed by atoms with Crippen molar-refractivity contribution in [3.63, 3.8) is 0 Å². The van der Waals surface area contributed by atoms with Crippen LogP contribution >= 0.6 is 0 Å². The Morgan fingerprint density at radius 3 is 2.67 bits per heavy atom. The van der Waals surface area contributed by atoms with E-state index in [1.165, 1.54) is 31.3 Å². The minimum Gasteiger partial charge on any atom is -0.425 e. The number of aliphatic hydroxyl groups is 3. The van der Waals surface area contributed by atoms with E-state index in [0.717, 1.165) is 49.7 Å². The van der Waals surface area contributed by atoms with E-state index in [0.29, 0.717) is 42.4 Å². The molecule has 0 radical (unpaired) electrons. The second kappa shape index (κ2) is 11.5. The number of allylic oxidation sites excluding steroid dienone is 4. The minimum absolute atomic E-state index is 0.234. The smallest absolute Gasteiger partial charge is 0.225 e. The Balaban J connectivity index is 1.26. The first kappa shape index (κ1) is 28.5. The Morgan fingerprint density at radius 2 is 1.92 bits per heavy atom. The number of fused-ring (bicyclic) bond motifs is 1. The van der Waals surface area contributed by atoms with Crippen LogP contribution in [0.25, 0.3) is 0 Å². The number of nitrogens with zero attached hydrogens (tertiary/aromatic N) is 2. The topological polar surface area (TPSA) is 99.6 Å². The van der Waals surface area contributed by atoms with Gasteiger partial charge in [-0.2, -0.15) is 0 Å². The van der Waals surface area contributed by atoms with E-state index in [1.807, 2.05) is 6.08 Å². The van der Waals surface area contributed by atoms with E-state index in [2.05, 4.69) is 55.8 Å². The molecule has 4 aliphatic carbocycles. The van der Waals surface area contributed by atoms with Gasteiger partial charge in [0.1, 0.15) is 0 Å². The lowest BCUT2D eigenvalue weighted by Gasteiger charge is -2.44. The number of unbranched alkanes of at least 4 members (excludes halogenated alkanes) is 1. The molecule has 4 fully saturated rings. The number of aliphatic hydroxyl groups excluding tert-OH is 3. The van der Waals surface area contributed by atoms with Crippen molar-refractivity contribution in [2.75, 3.05) is 0 Å². The fraction of sp³-hybridized carbons (Fsp3) is 0.697. The van der Waals surface area contributed by atoms with Crippen LogP contribution in [0.3, 0.4) is 0 Å². The highest BCUT2D eigenvalue weighted by Crippen LogP contribution is 2.60. The summed E-state index contributed by atoms with van der Waals surface area (Å²) in [6.45, 7) is 11.0. The van der Waals surface area contributed by atoms with Gasteiger partial charge < -0.3 is 19.7 Å². The first-order chi connectivity index (χ1) is 18.7. The lowest BCUT2D eigenvalue weighted by Crippen LogP contribution is -2.35. The van der Waals surface area contributed by atoms with Crippen molar-refractivity contribution in [2.24, 2.45) is 23.2 Å². The predicted octanol–water partition coefficient (Wildman–Crippen LogP) is 6.14. The van der Waals surface area contributed by atoms with E-state index in [1.54, 1.807) is 0 Å². The standard InChI is InChI=1S/C33H48N2O4/c1-5-6-9-30-34-35-31(39-30)33(17-18-33)29(38)15-10-21(2)26-13-14-27-23(8-7-16-32(26,27)4)11-12-24-19-25(36)20-28(37)22(24)3/h10-12,15,21,25-29,36-38H,3,5-9,13-14,16-20H2,1-2,4H3/b15-10+,23-11+,24-12-/t21-,25-,26-,27+,28+,29-,32-/m1/s1. The molecule has 6 heteroatoms. The van der Waals surface area contributed by atoms with E-state index in [-0.39, 0.29) is 5.41 Å². The van der Waals surface area contributed by atoms with E-state index < -0.39 is 23.7 Å². The highest BCUT2D eigenvalue weighted by molar-refractivity contribution is 5.38. The molecule has 0 bridgehead atoms. The molecule has 0 unspecified atom stereocenters. The van der Waals surface area contributed by atoms with Crippen LogP contribution in [0.4, 0.5) is 0 Å². The van der Waals surface area contributed by atoms with Crippen molar-refractivity contribution < 1.29 is 19.7 Å². The summed E-state index contributed by atoms with van der Waals surface area (Å²) in [6.07, 6.45) is 18.4. The Bertz CT molecular complexity index is 1130. The third-order valence-corrected chi connectivity index (χ3v) is 10.5. The highest BCUT2D eigenvalue weighted by atomic mass is 16.4. The number of hydrogen-bond donors (Lipinski definition) is 3. The average molecular weight is 537 g/mol. The van der Waals surface area contributed by atoms with Gasteiger partial charge >= 0.3 is 0 Å². The summed E-state index contributed by atoms with van der Waals surface area (Å²) < 4.78 is 5.96. The minimum atomic E-state index is -0.647. The fourth-order valence-corrected chi connectivity index (χ4v) is 7.86. The van der Waals surface area contributed by atoms with Crippen molar-refractivity contribution in [3.8, 4) is 0 Å². The Morgan fingerprint density at radius 1 is 1.13 bits per heavy atom. The van der Waals surface area contributed by atoms with Gasteiger partial charge in [0.05, 0.1) is 23.7 Å². The zero-order valence-corrected chi connectivity index (χ0v) is 24.1. The largest absolute Gasteiger partial charge is 0.425 e. The maximum absolute atomic E-state index is 11.2. The molecule has 0 aliphatic heterocycles. The van der Waals surface area contributed by atoms with Crippen molar-refractivity contribution in [2.45, 2.75) is 122 Å². The Kier molecular flexibility index (Phi) is 8.38. The molecular formula is C33H48N2O4.